The van der Waals surface area contributed by atoms with E-state index in [0.717, 1.165) is 11.3 Å². The number of nitrogens with one attached hydrogen (secondary N) is 1. The van der Waals surface area contributed by atoms with Crippen molar-refractivity contribution in [3.8, 4) is 0 Å². The summed E-state index contributed by atoms with van der Waals surface area (Å²) >= 11 is 5.99. The van der Waals surface area contributed by atoms with E-state index in [1.807, 2.05) is 39.0 Å². The number of hydrogen-bond donors (Lipinski definition) is 1. The van der Waals surface area contributed by atoms with Crippen molar-refractivity contribution in [3.63, 3.8) is 0 Å². The van der Waals surface area contributed by atoms with Crippen LogP contribution in [0.4, 0.5) is 0 Å². The van der Waals surface area contributed by atoms with Gasteiger partial charge in [0.2, 0.25) is 0 Å². The first kappa shape index (κ1) is 16.3. The topological polar surface area (TPSA) is 46.4 Å². The zero-order chi connectivity index (χ0) is 16.1. The van der Waals surface area contributed by atoms with Gasteiger partial charge in [-0.05, 0) is 26.3 Å². The van der Waals surface area contributed by atoms with Crippen LogP contribution in [0, 0.1) is 0 Å². The third-order valence-electron chi connectivity index (χ3n) is 3.31. The maximum absolute atomic E-state index is 12.5. The van der Waals surface area contributed by atoms with Crippen LogP contribution in [-0.2, 0) is 6.42 Å². The number of carbonyl (C=O) groups is 1. The van der Waals surface area contributed by atoms with Crippen LogP contribution in [0.15, 0.2) is 42.1 Å². The zero-order valence-electron chi connectivity index (χ0n) is 13.1. The molecular formula is C17H20ClN3O. The maximum Gasteiger partial charge on any atom is 0.270 e. The Balaban J connectivity index is 2.27. The van der Waals surface area contributed by atoms with Gasteiger partial charge in [0.15, 0.2) is 0 Å². The highest BCUT2D eigenvalue weighted by molar-refractivity contribution is 6.30. The molecule has 0 saturated carbocycles. The lowest BCUT2D eigenvalue weighted by Crippen LogP contribution is -2.27. The number of hydrogen-bond acceptors (Lipinski definition) is 2. The fourth-order valence-electron chi connectivity index (χ4n) is 2.18. The van der Waals surface area contributed by atoms with Crippen LogP contribution in [0.3, 0.4) is 0 Å². The van der Waals surface area contributed by atoms with Crippen LogP contribution in [0.2, 0.25) is 5.02 Å². The maximum atomic E-state index is 12.5. The monoisotopic (exact) mass is 317 g/mol. The molecule has 0 spiro atoms. The molecule has 0 aliphatic heterocycles. The molecule has 0 aliphatic carbocycles. The summed E-state index contributed by atoms with van der Waals surface area (Å²) in [6, 6.07) is 3.51. The summed E-state index contributed by atoms with van der Waals surface area (Å²) in [4.78, 5) is 17.0. The molecule has 4 nitrogen and oxygen atoms in total. The molecule has 5 heteroatoms. The molecule has 116 valence electrons. The van der Waals surface area contributed by atoms with Gasteiger partial charge in [-0.2, -0.15) is 0 Å². The summed E-state index contributed by atoms with van der Waals surface area (Å²) in [5.41, 5.74) is 3.12. The molecule has 22 heavy (non-hydrogen) atoms. The van der Waals surface area contributed by atoms with Crippen LogP contribution in [0.1, 0.15) is 37.0 Å². The molecule has 0 aromatic carbocycles. The quantitative estimate of drug-likeness (QED) is 0.853. The van der Waals surface area contributed by atoms with E-state index in [-0.39, 0.29) is 5.91 Å². The second-order valence-electron chi connectivity index (χ2n) is 5.06. The minimum absolute atomic E-state index is 0.125. The van der Waals surface area contributed by atoms with Crippen molar-refractivity contribution >= 4 is 23.2 Å². The van der Waals surface area contributed by atoms with Crippen molar-refractivity contribution in [2.75, 3.05) is 6.54 Å². The standard InChI is InChI=1S/C17H20ClN3O/c1-4-6-7-12(3)11-19-17(22)16-14(5-2)20-15-10-13(18)8-9-21(15)16/h4,6-10H,5,11H2,1-3H3,(H,19,22)/b6-4?,12-7+. The number of amides is 1. The van der Waals surface area contributed by atoms with Gasteiger partial charge in [-0.1, -0.05) is 42.3 Å². The van der Waals surface area contributed by atoms with Crippen LogP contribution in [0.25, 0.3) is 5.65 Å². The second kappa shape index (κ2) is 7.27. The van der Waals surface area contributed by atoms with E-state index in [9.17, 15) is 4.79 Å². The molecule has 0 bridgehead atoms. The van der Waals surface area contributed by atoms with E-state index in [0.29, 0.717) is 29.3 Å². The van der Waals surface area contributed by atoms with Crippen molar-refractivity contribution in [1.82, 2.24) is 14.7 Å². The molecule has 2 aromatic heterocycles. The SMILES string of the molecule is CC=C/C=C(\C)CNC(=O)c1c(CC)nc2cc(Cl)ccn12. The minimum Gasteiger partial charge on any atom is -0.347 e. The van der Waals surface area contributed by atoms with Gasteiger partial charge in [0.25, 0.3) is 5.91 Å². The fourth-order valence-corrected chi connectivity index (χ4v) is 2.33. The highest BCUT2D eigenvalue weighted by atomic mass is 35.5. The summed E-state index contributed by atoms with van der Waals surface area (Å²) in [6.07, 6.45) is 8.36. The van der Waals surface area contributed by atoms with E-state index in [1.54, 1.807) is 22.7 Å². The largest absolute Gasteiger partial charge is 0.347 e. The molecule has 0 atom stereocenters. The van der Waals surface area contributed by atoms with E-state index in [2.05, 4.69) is 10.3 Å². The molecule has 0 fully saturated rings. The van der Waals surface area contributed by atoms with Crippen molar-refractivity contribution in [3.05, 3.63) is 58.5 Å². The third kappa shape index (κ3) is 3.57. The number of allylic oxidation sites excluding steroid dienone is 3. The lowest BCUT2D eigenvalue weighted by atomic mass is 10.2. The Kier molecular flexibility index (Phi) is 5.39. The Morgan fingerprint density at radius 2 is 2.27 bits per heavy atom. The number of halogens is 1. The second-order valence-corrected chi connectivity index (χ2v) is 5.49. The van der Waals surface area contributed by atoms with E-state index < -0.39 is 0 Å². The molecule has 0 unspecified atom stereocenters. The minimum atomic E-state index is -0.125. The molecule has 0 saturated heterocycles. The van der Waals surface area contributed by atoms with Gasteiger partial charge >= 0.3 is 0 Å². The Hall–Kier alpha value is -2.07. The average molecular weight is 318 g/mol. The van der Waals surface area contributed by atoms with Gasteiger partial charge in [-0.3, -0.25) is 9.20 Å². The Labute approximate surface area is 135 Å². The number of fused-ring (bicyclic) bond motifs is 1. The molecule has 1 amide bonds. The first-order valence-electron chi connectivity index (χ1n) is 7.30. The zero-order valence-corrected chi connectivity index (χ0v) is 13.8. The molecule has 2 aromatic rings. The number of nitrogens with zero attached hydrogens (tertiary/aromatic N) is 2. The molecule has 0 aliphatic rings. The van der Waals surface area contributed by atoms with Gasteiger partial charge in [0.1, 0.15) is 11.3 Å². The first-order valence-corrected chi connectivity index (χ1v) is 7.67. The van der Waals surface area contributed by atoms with E-state index in [4.69, 9.17) is 11.6 Å². The lowest BCUT2D eigenvalue weighted by Gasteiger charge is -2.07. The van der Waals surface area contributed by atoms with E-state index in [1.165, 1.54) is 0 Å². The average Bonchev–Trinajstić information content (AvgIpc) is 2.88. The van der Waals surface area contributed by atoms with Crippen molar-refractivity contribution in [1.29, 1.82) is 0 Å². The normalized spacial score (nSPS) is 12.3. The predicted molar refractivity (Wildman–Crippen MR) is 90.5 cm³/mol. The van der Waals surface area contributed by atoms with Crippen molar-refractivity contribution in [2.24, 2.45) is 0 Å². The Morgan fingerprint density at radius 3 is 2.95 bits per heavy atom. The number of carbonyl (C=O) groups excluding carboxylic acids is 1. The van der Waals surface area contributed by atoms with Crippen LogP contribution in [-0.4, -0.2) is 21.8 Å². The molecule has 2 heterocycles. The van der Waals surface area contributed by atoms with Crippen molar-refractivity contribution < 1.29 is 4.79 Å². The molecule has 1 N–H and O–H groups in total. The summed E-state index contributed by atoms with van der Waals surface area (Å²) in [6.45, 7) is 6.43. The summed E-state index contributed by atoms with van der Waals surface area (Å²) in [5, 5.41) is 3.55. The smallest absolute Gasteiger partial charge is 0.270 e. The first-order chi connectivity index (χ1) is 10.6. The lowest BCUT2D eigenvalue weighted by molar-refractivity contribution is 0.0950. The van der Waals surface area contributed by atoms with Crippen molar-refractivity contribution in [2.45, 2.75) is 27.2 Å². The van der Waals surface area contributed by atoms with Crippen LogP contribution < -0.4 is 5.32 Å². The van der Waals surface area contributed by atoms with Gasteiger partial charge in [0.05, 0.1) is 5.69 Å². The number of imidazole rings is 1. The fraction of sp³-hybridized carbons (Fsp3) is 0.294. The summed E-state index contributed by atoms with van der Waals surface area (Å²) in [5.74, 6) is -0.125. The number of pyridine rings is 1. The van der Waals surface area contributed by atoms with Gasteiger partial charge in [-0.25, -0.2) is 4.98 Å². The Morgan fingerprint density at radius 1 is 1.50 bits per heavy atom. The third-order valence-corrected chi connectivity index (χ3v) is 3.55. The van der Waals surface area contributed by atoms with E-state index >= 15 is 0 Å². The Bertz CT molecular complexity index is 744. The highest BCUT2D eigenvalue weighted by Crippen LogP contribution is 2.17. The predicted octanol–water partition coefficient (Wildman–Crippen LogP) is 3.80. The number of aryl methyl sites for hydroxylation is 1. The molecule has 2 rings (SSSR count). The van der Waals surface area contributed by atoms with Crippen LogP contribution in [0.5, 0.6) is 0 Å². The highest BCUT2D eigenvalue weighted by Gasteiger charge is 2.17. The summed E-state index contributed by atoms with van der Waals surface area (Å²) in [7, 11) is 0. The van der Waals surface area contributed by atoms with Gasteiger partial charge in [-0.15, -0.1) is 0 Å². The number of aromatic nitrogens is 2. The van der Waals surface area contributed by atoms with Crippen LogP contribution >= 0.6 is 11.6 Å². The molecular weight excluding hydrogens is 298 g/mol. The van der Waals surface area contributed by atoms with Gasteiger partial charge < -0.3 is 5.32 Å². The van der Waals surface area contributed by atoms with Gasteiger partial charge in [0, 0.05) is 23.8 Å². The summed E-state index contributed by atoms with van der Waals surface area (Å²) < 4.78 is 1.78. The number of rotatable bonds is 5. The molecule has 0 radical (unpaired) electrons.